The highest BCUT2D eigenvalue weighted by atomic mass is 16.5. The topological polar surface area (TPSA) is 79.5 Å². The van der Waals surface area contributed by atoms with Gasteiger partial charge in [0.25, 0.3) is 0 Å². The van der Waals surface area contributed by atoms with Crippen LogP contribution in [0.3, 0.4) is 0 Å². The number of nitrogens with two attached hydrogens (primary N) is 1. The van der Waals surface area contributed by atoms with Crippen LogP contribution in [-0.4, -0.2) is 36.9 Å². The van der Waals surface area contributed by atoms with Gasteiger partial charge in [-0.2, -0.15) is 9.97 Å². The molecule has 0 spiro atoms. The van der Waals surface area contributed by atoms with E-state index in [0.29, 0.717) is 24.3 Å². The van der Waals surface area contributed by atoms with Crippen molar-refractivity contribution in [3.8, 4) is 11.8 Å². The molecule has 0 saturated carbocycles. The first-order valence-electron chi connectivity index (χ1n) is 5.67. The van der Waals surface area contributed by atoms with Gasteiger partial charge < -0.3 is 19.9 Å². The SMILES string of the molecule is COc1cc(OCC2CCOCC2)nc(N)n1. The molecule has 2 rings (SSSR count). The summed E-state index contributed by atoms with van der Waals surface area (Å²) in [5.74, 6) is 1.55. The van der Waals surface area contributed by atoms with E-state index in [4.69, 9.17) is 19.9 Å². The highest BCUT2D eigenvalue weighted by Gasteiger charge is 2.15. The Labute approximate surface area is 100 Å². The van der Waals surface area contributed by atoms with Gasteiger partial charge in [-0.1, -0.05) is 0 Å². The van der Waals surface area contributed by atoms with Crippen LogP contribution in [0.15, 0.2) is 6.07 Å². The van der Waals surface area contributed by atoms with Crippen LogP contribution in [-0.2, 0) is 4.74 Å². The quantitative estimate of drug-likeness (QED) is 0.840. The molecule has 1 aliphatic heterocycles. The van der Waals surface area contributed by atoms with Crippen LogP contribution in [0.5, 0.6) is 11.8 Å². The Balaban J connectivity index is 1.91. The van der Waals surface area contributed by atoms with Crippen molar-refractivity contribution in [3.63, 3.8) is 0 Å². The van der Waals surface area contributed by atoms with Crippen molar-refractivity contribution >= 4 is 5.95 Å². The molecule has 0 amide bonds. The Kier molecular flexibility index (Phi) is 3.98. The molecular formula is C11H17N3O3. The third kappa shape index (κ3) is 3.45. The molecule has 0 unspecified atom stereocenters. The summed E-state index contributed by atoms with van der Waals surface area (Å²) in [4.78, 5) is 7.89. The van der Waals surface area contributed by atoms with Crippen molar-refractivity contribution in [2.24, 2.45) is 5.92 Å². The van der Waals surface area contributed by atoms with Crippen LogP contribution in [0.25, 0.3) is 0 Å². The van der Waals surface area contributed by atoms with Gasteiger partial charge in [-0.3, -0.25) is 0 Å². The number of hydrogen-bond acceptors (Lipinski definition) is 6. The van der Waals surface area contributed by atoms with Crippen LogP contribution in [0.1, 0.15) is 12.8 Å². The van der Waals surface area contributed by atoms with E-state index in [9.17, 15) is 0 Å². The first kappa shape index (κ1) is 11.9. The molecule has 2 N–H and O–H groups in total. The Hall–Kier alpha value is -1.56. The molecule has 1 saturated heterocycles. The number of nitrogens with zero attached hydrogens (tertiary/aromatic N) is 2. The van der Waals surface area contributed by atoms with Crippen molar-refractivity contribution in [2.75, 3.05) is 32.7 Å². The molecule has 6 nitrogen and oxygen atoms in total. The van der Waals surface area contributed by atoms with Crippen molar-refractivity contribution in [1.29, 1.82) is 0 Å². The largest absolute Gasteiger partial charge is 0.481 e. The molecule has 0 aromatic carbocycles. The summed E-state index contributed by atoms with van der Waals surface area (Å²) in [5, 5.41) is 0. The minimum absolute atomic E-state index is 0.159. The Bertz CT molecular complexity index is 367. The number of aromatic nitrogens is 2. The standard InChI is InChI=1S/C11H17N3O3/c1-15-9-6-10(14-11(12)13-9)17-7-8-2-4-16-5-3-8/h6,8H,2-5,7H2,1H3,(H2,12,13,14). The van der Waals surface area contributed by atoms with Crippen molar-refractivity contribution in [2.45, 2.75) is 12.8 Å². The third-order valence-electron chi connectivity index (χ3n) is 2.71. The van der Waals surface area contributed by atoms with Gasteiger partial charge in [-0.25, -0.2) is 0 Å². The summed E-state index contributed by atoms with van der Waals surface area (Å²) >= 11 is 0. The maximum absolute atomic E-state index is 5.60. The third-order valence-corrected chi connectivity index (χ3v) is 2.71. The lowest BCUT2D eigenvalue weighted by atomic mass is 10.0. The summed E-state index contributed by atoms with van der Waals surface area (Å²) in [6.07, 6.45) is 2.05. The molecule has 0 radical (unpaired) electrons. The van der Waals surface area contributed by atoms with E-state index < -0.39 is 0 Å². The van der Waals surface area contributed by atoms with Gasteiger partial charge in [0.15, 0.2) is 0 Å². The molecule has 1 fully saturated rings. The summed E-state index contributed by atoms with van der Waals surface area (Å²) in [5.41, 5.74) is 5.54. The number of methoxy groups -OCH3 is 1. The second kappa shape index (κ2) is 5.67. The van der Waals surface area contributed by atoms with Crippen LogP contribution in [0.2, 0.25) is 0 Å². The average molecular weight is 239 g/mol. The van der Waals surface area contributed by atoms with Crippen LogP contribution >= 0.6 is 0 Å². The van der Waals surface area contributed by atoms with Gasteiger partial charge in [0.1, 0.15) is 0 Å². The first-order chi connectivity index (χ1) is 8.28. The summed E-state index contributed by atoms with van der Waals surface area (Å²) < 4.78 is 15.9. The summed E-state index contributed by atoms with van der Waals surface area (Å²) in [6.45, 7) is 2.25. The fourth-order valence-electron chi connectivity index (χ4n) is 1.72. The lowest BCUT2D eigenvalue weighted by Crippen LogP contribution is -2.21. The predicted molar refractivity (Wildman–Crippen MR) is 62.0 cm³/mol. The number of rotatable bonds is 4. The normalized spacial score (nSPS) is 16.8. The molecule has 1 aliphatic rings. The molecule has 2 heterocycles. The smallest absolute Gasteiger partial charge is 0.226 e. The van der Waals surface area contributed by atoms with Gasteiger partial charge >= 0.3 is 0 Å². The minimum Gasteiger partial charge on any atom is -0.481 e. The molecule has 17 heavy (non-hydrogen) atoms. The predicted octanol–water partition coefficient (Wildman–Crippen LogP) is 0.873. The van der Waals surface area contributed by atoms with Gasteiger partial charge in [-0.15, -0.1) is 0 Å². The molecular weight excluding hydrogens is 222 g/mol. The molecule has 94 valence electrons. The van der Waals surface area contributed by atoms with Crippen molar-refractivity contribution in [1.82, 2.24) is 9.97 Å². The van der Waals surface area contributed by atoms with E-state index in [1.54, 1.807) is 6.07 Å². The fourth-order valence-corrected chi connectivity index (χ4v) is 1.72. The molecule has 0 aliphatic carbocycles. The molecule has 6 heteroatoms. The van der Waals surface area contributed by atoms with E-state index in [-0.39, 0.29) is 5.95 Å². The second-order valence-corrected chi connectivity index (χ2v) is 3.97. The summed E-state index contributed by atoms with van der Waals surface area (Å²) in [7, 11) is 1.53. The number of nitrogen functional groups attached to an aromatic ring is 1. The van der Waals surface area contributed by atoms with Crippen molar-refractivity contribution in [3.05, 3.63) is 6.07 Å². The Morgan fingerprint density at radius 3 is 2.76 bits per heavy atom. The lowest BCUT2D eigenvalue weighted by molar-refractivity contribution is 0.0490. The zero-order chi connectivity index (χ0) is 12.1. The number of anilines is 1. The number of ether oxygens (including phenoxy) is 3. The maximum atomic E-state index is 5.60. The lowest BCUT2D eigenvalue weighted by Gasteiger charge is -2.21. The Morgan fingerprint density at radius 1 is 1.35 bits per heavy atom. The number of hydrogen-bond donors (Lipinski definition) is 1. The molecule has 0 bridgehead atoms. The highest BCUT2D eigenvalue weighted by molar-refractivity contribution is 5.29. The zero-order valence-electron chi connectivity index (χ0n) is 9.89. The van der Waals surface area contributed by atoms with E-state index in [0.717, 1.165) is 26.1 Å². The average Bonchev–Trinajstić information content (AvgIpc) is 2.37. The van der Waals surface area contributed by atoms with Crippen molar-refractivity contribution < 1.29 is 14.2 Å². The van der Waals surface area contributed by atoms with Gasteiger partial charge in [0.2, 0.25) is 17.7 Å². The van der Waals surface area contributed by atoms with Gasteiger partial charge in [0, 0.05) is 13.2 Å². The maximum Gasteiger partial charge on any atom is 0.226 e. The Morgan fingerprint density at radius 2 is 2.06 bits per heavy atom. The van der Waals surface area contributed by atoms with Gasteiger partial charge in [0.05, 0.1) is 19.8 Å². The van der Waals surface area contributed by atoms with E-state index in [1.165, 1.54) is 7.11 Å². The zero-order valence-corrected chi connectivity index (χ0v) is 9.89. The second-order valence-electron chi connectivity index (χ2n) is 3.97. The van der Waals surface area contributed by atoms with E-state index in [2.05, 4.69) is 9.97 Å². The first-order valence-corrected chi connectivity index (χ1v) is 5.67. The highest BCUT2D eigenvalue weighted by Crippen LogP contribution is 2.19. The van der Waals surface area contributed by atoms with Gasteiger partial charge in [-0.05, 0) is 18.8 Å². The van der Waals surface area contributed by atoms with Crippen LogP contribution in [0, 0.1) is 5.92 Å². The minimum atomic E-state index is 0.159. The fraction of sp³-hybridized carbons (Fsp3) is 0.636. The van der Waals surface area contributed by atoms with Crippen LogP contribution in [0.4, 0.5) is 5.95 Å². The molecule has 1 aromatic rings. The monoisotopic (exact) mass is 239 g/mol. The molecule has 1 aromatic heterocycles. The molecule has 0 atom stereocenters. The van der Waals surface area contributed by atoms with E-state index in [1.807, 2.05) is 0 Å². The van der Waals surface area contributed by atoms with Crippen LogP contribution < -0.4 is 15.2 Å². The summed E-state index contributed by atoms with van der Waals surface area (Å²) in [6, 6.07) is 1.63. The van der Waals surface area contributed by atoms with E-state index >= 15 is 0 Å².